The molecule has 12 heteroatoms. The molecule has 0 aliphatic carbocycles. The van der Waals surface area contributed by atoms with Crippen LogP contribution < -0.4 is 18.3 Å². The number of hydrogen-bond donors (Lipinski definition) is 0. The molecule has 0 radical (unpaired) electrons. The Labute approximate surface area is 712 Å². The van der Waals surface area contributed by atoms with Gasteiger partial charge in [0.15, 0.2) is 45.5 Å². The quantitative estimate of drug-likeness (QED) is 0.112. The highest BCUT2D eigenvalue weighted by Gasteiger charge is 2.32. The van der Waals surface area contributed by atoms with E-state index in [4.69, 9.17) is 71.4 Å². The molecule has 4 atom stereocenters. The molecule has 0 amide bonds. The van der Waals surface area contributed by atoms with Crippen molar-refractivity contribution < 1.29 is 63.4 Å². The lowest BCUT2D eigenvalue weighted by atomic mass is 9.92. The summed E-state index contributed by atoms with van der Waals surface area (Å²) in [4.78, 5) is 14.2. The van der Waals surface area contributed by atoms with Gasteiger partial charge in [0, 0.05) is 139 Å². The third-order valence-corrected chi connectivity index (χ3v) is 23.1. The van der Waals surface area contributed by atoms with Gasteiger partial charge in [0.25, 0.3) is 0 Å². The number of furan rings is 4. The van der Waals surface area contributed by atoms with Gasteiger partial charge < -0.3 is 17.7 Å². The van der Waals surface area contributed by atoms with Crippen LogP contribution in [-0.2, 0) is 28.2 Å². The van der Waals surface area contributed by atoms with Gasteiger partial charge in [-0.3, -0.25) is 0 Å². The van der Waals surface area contributed by atoms with Gasteiger partial charge in [0.05, 0.1) is 54.0 Å². The fourth-order valence-corrected chi connectivity index (χ4v) is 17.2. The minimum Gasteiger partial charge on any atom is -0.456 e. The molecule has 4 unspecified atom stereocenters. The van der Waals surface area contributed by atoms with Gasteiger partial charge in [-0.15, -0.1) is 0 Å². The van der Waals surface area contributed by atoms with Crippen molar-refractivity contribution in [3.63, 3.8) is 0 Å². The largest absolute Gasteiger partial charge is 0.456 e. The molecule has 0 fully saturated rings. The van der Waals surface area contributed by atoms with Crippen molar-refractivity contribution >= 4 is 111 Å². The van der Waals surface area contributed by atoms with E-state index in [2.05, 4.69) is 25.4 Å². The van der Waals surface area contributed by atoms with Crippen molar-refractivity contribution in [2.24, 2.45) is 28.2 Å². The maximum absolute atomic E-state index is 9.05. The molecule has 0 aliphatic heterocycles. The summed E-state index contributed by atoms with van der Waals surface area (Å²) in [5.74, 6) is -7.44. The van der Waals surface area contributed by atoms with Gasteiger partial charge >= 0.3 is 0 Å². The average Bonchev–Trinajstić information content (AvgIpc) is 1.45. The summed E-state index contributed by atoms with van der Waals surface area (Å²) in [7, 11) is 7.19. The summed E-state index contributed by atoms with van der Waals surface area (Å²) in [6.45, 7) is 54.5. The molecular weight excluding hydrogens is 1430 g/mol. The molecule has 0 aliphatic rings. The molecule has 8 aromatic heterocycles. The predicted octanol–water partition coefficient (Wildman–Crippen LogP) is 27.9. The third-order valence-electron chi connectivity index (χ3n) is 23.1. The Hall–Kier alpha value is -12.5. The van der Waals surface area contributed by atoms with Crippen LogP contribution in [0.3, 0.4) is 0 Å². The lowest BCUT2D eigenvalue weighted by Gasteiger charge is -2.15. The molecule has 0 bridgehead atoms. The molecule has 0 spiro atoms. The van der Waals surface area contributed by atoms with Crippen LogP contribution in [0.2, 0.25) is 0 Å². The fourth-order valence-electron chi connectivity index (χ4n) is 17.2. The fraction of sp³-hybridized carbons (Fsp3) is 0.308. The van der Waals surface area contributed by atoms with Crippen molar-refractivity contribution in [2.75, 3.05) is 0 Å². The van der Waals surface area contributed by atoms with Crippen LogP contribution in [0.4, 0.5) is 22.7 Å². The van der Waals surface area contributed by atoms with E-state index in [0.29, 0.717) is 157 Å². The summed E-state index contributed by atoms with van der Waals surface area (Å²) in [6.07, 6.45) is 0. The molecule has 8 heterocycles. The van der Waals surface area contributed by atoms with Gasteiger partial charge in [-0.05, 0) is 192 Å². The topological polar surface area (TPSA) is 85.5 Å². The number of aryl methyl sites for hydroxylation is 8. The minimum atomic E-state index is -2.55. The molecule has 8 aromatic carbocycles. The van der Waals surface area contributed by atoms with Crippen LogP contribution in [-0.4, -0.2) is 0 Å². The molecule has 116 heavy (non-hydrogen) atoms. The molecule has 584 valence electrons. The number of pyridine rings is 4. The third kappa shape index (κ3) is 13.8. The van der Waals surface area contributed by atoms with Crippen molar-refractivity contribution in [1.29, 1.82) is 0 Å². The Morgan fingerprint density at radius 1 is 0.310 bits per heavy atom. The summed E-state index contributed by atoms with van der Waals surface area (Å²) >= 11 is 0. The number of benzene rings is 8. The minimum absolute atomic E-state index is 0.167. The van der Waals surface area contributed by atoms with Crippen LogP contribution in [0, 0.1) is 137 Å². The molecule has 16 aromatic rings. The smallest absolute Gasteiger partial charge is 0.216 e. The molecule has 0 saturated carbocycles. The highest BCUT2D eigenvalue weighted by molar-refractivity contribution is 6.15. The zero-order valence-electron chi connectivity index (χ0n) is 90.4. The second-order valence-electron chi connectivity index (χ2n) is 30.9. The van der Waals surface area contributed by atoms with Crippen molar-refractivity contribution in [3.05, 3.63) is 279 Å². The first-order valence-electron chi connectivity index (χ1n) is 48.3. The second kappa shape index (κ2) is 31.4. The Morgan fingerprint density at radius 3 is 1.12 bits per heavy atom. The molecule has 12 nitrogen and oxygen atoms in total. The van der Waals surface area contributed by atoms with E-state index in [1.165, 1.54) is 27.7 Å². The molecule has 16 rings (SSSR count). The number of nitrogens with zero attached hydrogens (tertiary/aromatic N) is 8. The lowest BCUT2D eigenvalue weighted by Crippen LogP contribution is -2.37. The predicted molar refractivity (Wildman–Crippen MR) is 479 cm³/mol. The standard InChI is InChI=1S/4C26H27N2O/c1-14(2)23-17(5)12-21(28(8)18(23)6)25-16(4)11-15(3)24-20-10-9-19(27-7)13-22(20)29-26(24)25;1-14(2)23-17(5)12-21(28(8)18(23)6)25-15(3)9-10-20-24-16(4)11-19(27-7)13-22(24)29-26(20)25;1-14(2)24-17(5)12-22(28(8)18(24)6)25-15(3)9-10-19-20-11-16(4)21(27-7)13-23(20)29-26(19)25;1-14(2)23-16(4)13-22(28(8)18(23)6)24-15(3)9-10-20-19-11-12-21(27-7)17(5)25(19)29-26(20)24/h4*9-14H,1-6,8H3/q4*+1/i3*1D3,12D,14D;1D3,13D,14D. The van der Waals surface area contributed by atoms with Gasteiger partial charge in [0.2, 0.25) is 22.8 Å². The molecule has 0 N–H and O–H groups in total. The Balaban J connectivity index is 0.000000153. The van der Waals surface area contributed by atoms with E-state index >= 15 is 0 Å². The first-order valence-corrected chi connectivity index (χ1v) is 38.3. The van der Waals surface area contributed by atoms with Crippen LogP contribution in [0.5, 0.6) is 0 Å². The SMILES string of the molecule is [2H]c1c(C)c(C([2H])(C)C([2H])([2H])[2H])c(C)[n+](C)c1-c1c(C)cc(C)c2c1oc1cc([N+]#[C-])ccc12.[2H]c1c(C)c(C([2H])(C)C([2H])([2H])[2H])c(C)[n+](C)c1-c1c(C)ccc2c1oc1c(C)c([N+]#[C-])ccc12.[2H]c1c(C)c(C([2H])(C)C([2H])([2H])[2H])c(C)[n+](C)c1-c1c(C)ccc2c1oc1cc([N+]#[C-])c(C)cc12.[2H]c1c(C)c(C([2H])(C)C([2H])([2H])[2H])c(C)[n+](C)c1-c1c(C)ccc2c1oc1cc([N+]#[C-])cc(C)c12. The first kappa shape index (κ1) is 59.2. The van der Waals surface area contributed by atoms with Gasteiger partial charge in [-0.25, -0.2) is 19.4 Å². The first-order chi connectivity index (χ1) is 62.9. The van der Waals surface area contributed by atoms with E-state index < -0.39 is 51.0 Å². The summed E-state index contributed by atoms with van der Waals surface area (Å²) in [6, 6.07) is 31.0. The summed E-state index contributed by atoms with van der Waals surface area (Å²) in [5.41, 5.74) is 25.5. The summed E-state index contributed by atoms with van der Waals surface area (Å²) < 4.78 is 198. The zero-order chi connectivity index (χ0) is 101. The van der Waals surface area contributed by atoms with Gasteiger partial charge in [0.1, 0.15) is 72.9 Å². The van der Waals surface area contributed by atoms with E-state index in [1.807, 2.05) is 116 Å². The maximum atomic E-state index is 9.05. The van der Waals surface area contributed by atoms with E-state index in [9.17, 15) is 0 Å². The van der Waals surface area contributed by atoms with Crippen LogP contribution >= 0.6 is 0 Å². The molecule has 0 saturated heterocycles. The van der Waals surface area contributed by atoms with Gasteiger partial charge in [-0.1, -0.05) is 134 Å². The highest BCUT2D eigenvalue weighted by Crippen LogP contribution is 2.47. The van der Waals surface area contributed by atoms with E-state index in [-0.39, 0.29) is 24.2 Å². The highest BCUT2D eigenvalue weighted by atomic mass is 16.3. The van der Waals surface area contributed by atoms with E-state index in [1.54, 1.807) is 132 Å². The second-order valence-corrected chi connectivity index (χ2v) is 30.9. The van der Waals surface area contributed by atoms with Crippen LogP contribution in [0.25, 0.3) is 152 Å². The number of hydrogen-bond acceptors (Lipinski definition) is 4. The number of aromatic nitrogens is 4. The van der Waals surface area contributed by atoms with Gasteiger partial charge in [-0.2, -0.15) is 18.3 Å². The Bertz CT molecular complexity index is 7770. The molecular formula is C104H108N8O4+4. The maximum Gasteiger partial charge on any atom is 0.216 e. The number of fused-ring (bicyclic) bond motifs is 12. The Kier molecular flexibility index (Phi) is 16.0. The normalized spacial score (nSPS) is 16.5. The monoisotopic (exact) mass is 1550 g/mol. The average molecular weight is 1550 g/mol. The number of rotatable bonds is 8. The van der Waals surface area contributed by atoms with Crippen molar-refractivity contribution in [1.82, 2.24) is 0 Å². The lowest BCUT2D eigenvalue weighted by molar-refractivity contribution is -0.667. The van der Waals surface area contributed by atoms with Crippen molar-refractivity contribution in [3.8, 4) is 45.0 Å². The Morgan fingerprint density at radius 2 is 0.672 bits per heavy atom. The zero-order valence-corrected chi connectivity index (χ0v) is 70.4. The van der Waals surface area contributed by atoms with E-state index in [0.717, 1.165) is 110 Å². The van der Waals surface area contributed by atoms with Crippen LogP contribution in [0.1, 0.15) is 218 Å². The van der Waals surface area contributed by atoms with Crippen LogP contribution in [0.15, 0.2) is 139 Å². The van der Waals surface area contributed by atoms with Crippen molar-refractivity contribution in [2.45, 2.75) is 189 Å². The summed E-state index contributed by atoms with van der Waals surface area (Å²) in [5, 5.41) is 7.26.